The summed E-state index contributed by atoms with van der Waals surface area (Å²) in [4.78, 5) is 26.7. The van der Waals surface area contributed by atoms with Crippen LogP contribution >= 0.6 is 0 Å². The predicted octanol–water partition coefficient (Wildman–Crippen LogP) is 6.96. The highest BCUT2D eigenvalue weighted by Crippen LogP contribution is 2.36. The second kappa shape index (κ2) is 10.1. The van der Waals surface area contributed by atoms with Gasteiger partial charge in [-0.3, -0.25) is 14.5 Å². The van der Waals surface area contributed by atoms with E-state index in [9.17, 15) is 9.59 Å². The molecule has 40 heavy (non-hydrogen) atoms. The van der Waals surface area contributed by atoms with Gasteiger partial charge in [-0.05, 0) is 79.4 Å². The Labute approximate surface area is 232 Å². The fourth-order valence-corrected chi connectivity index (χ4v) is 5.56. The zero-order chi connectivity index (χ0) is 28.0. The number of nitrogens with zero attached hydrogens (tertiary/aromatic N) is 2. The standard InChI is InChI=1S/C34H29FN2O3/c1-21-8-15-30-29(18-21)31(35)32(26-14-13-25(40-3)19-22(26)2)37(30)20-24-11-9-23(10-12-24)16-17-36-33(38)27-6-4-5-7-28(27)34(36)39/h4-15,18-19H,16-17,20H2,1-3H3. The first-order chi connectivity index (χ1) is 19.4. The molecule has 0 bridgehead atoms. The molecule has 0 spiro atoms. The lowest BCUT2D eigenvalue weighted by atomic mass is 10.0. The summed E-state index contributed by atoms with van der Waals surface area (Å²) in [7, 11) is 1.62. The van der Waals surface area contributed by atoms with Crippen molar-refractivity contribution in [2.45, 2.75) is 26.8 Å². The Hall–Kier alpha value is -4.71. The van der Waals surface area contributed by atoms with Gasteiger partial charge in [0.25, 0.3) is 11.8 Å². The van der Waals surface area contributed by atoms with Crippen LogP contribution in [0.4, 0.5) is 4.39 Å². The zero-order valence-electron chi connectivity index (χ0n) is 22.7. The van der Waals surface area contributed by atoms with Gasteiger partial charge in [0.15, 0.2) is 5.82 Å². The largest absolute Gasteiger partial charge is 0.497 e. The van der Waals surface area contributed by atoms with Gasteiger partial charge in [0, 0.05) is 24.0 Å². The summed E-state index contributed by atoms with van der Waals surface area (Å²) in [6, 6.07) is 26.6. The molecule has 0 N–H and O–H groups in total. The van der Waals surface area contributed by atoms with Crippen LogP contribution in [0.5, 0.6) is 5.75 Å². The van der Waals surface area contributed by atoms with Crippen molar-refractivity contribution in [2.24, 2.45) is 0 Å². The van der Waals surface area contributed by atoms with Crippen LogP contribution in [0, 0.1) is 19.7 Å². The Morgan fingerprint density at radius 3 is 2.10 bits per heavy atom. The molecule has 200 valence electrons. The van der Waals surface area contributed by atoms with Gasteiger partial charge in [-0.15, -0.1) is 0 Å². The number of hydrogen-bond acceptors (Lipinski definition) is 3. The molecule has 0 atom stereocenters. The van der Waals surface area contributed by atoms with Crippen molar-refractivity contribution < 1.29 is 18.7 Å². The van der Waals surface area contributed by atoms with Crippen LogP contribution in [0.3, 0.4) is 0 Å². The molecule has 0 fully saturated rings. The summed E-state index contributed by atoms with van der Waals surface area (Å²) in [5.74, 6) is 0.0205. The smallest absolute Gasteiger partial charge is 0.261 e. The van der Waals surface area contributed by atoms with Gasteiger partial charge in [-0.25, -0.2) is 4.39 Å². The van der Waals surface area contributed by atoms with E-state index in [0.29, 0.717) is 41.7 Å². The predicted molar refractivity (Wildman–Crippen MR) is 154 cm³/mol. The number of fused-ring (bicyclic) bond motifs is 2. The summed E-state index contributed by atoms with van der Waals surface area (Å²) in [5.41, 5.74) is 7.12. The normalized spacial score (nSPS) is 12.8. The highest BCUT2D eigenvalue weighted by atomic mass is 19.1. The molecule has 0 saturated carbocycles. The van der Waals surface area contributed by atoms with Crippen molar-refractivity contribution in [3.8, 4) is 17.0 Å². The lowest BCUT2D eigenvalue weighted by Crippen LogP contribution is -2.31. The van der Waals surface area contributed by atoms with Gasteiger partial charge < -0.3 is 9.30 Å². The third-order valence-electron chi connectivity index (χ3n) is 7.71. The first kappa shape index (κ1) is 25.6. The number of ether oxygens (including phenoxy) is 1. The molecule has 0 radical (unpaired) electrons. The monoisotopic (exact) mass is 532 g/mol. The van der Waals surface area contributed by atoms with Crippen molar-refractivity contribution in [1.29, 1.82) is 0 Å². The van der Waals surface area contributed by atoms with E-state index in [1.54, 1.807) is 31.4 Å². The van der Waals surface area contributed by atoms with E-state index in [0.717, 1.165) is 39.1 Å². The average molecular weight is 533 g/mol. The maximum atomic E-state index is 16.0. The highest BCUT2D eigenvalue weighted by Gasteiger charge is 2.34. The lowest BCUT2D eigenvalue weighted by Gasteiger charge is -2.15. The van der Waals surface area contributed by atoms with E-state index in [4.69, 9.17) is 4.74 Å². The van der Waals surface area contributed by atoms with Gasteiger partial charge >= 0.3 is 0 Å². The van der Waals surface area contributed by atoms with Gasteiger partial charge in [0.05, 0.1) is 29.4 Å². The minimum absolute atomic E-state index is 0.232. The molecule has 1 aliphatic heterocycles. The summed E-state index contributed by atoms with van der Waals surface area (Å²) < 4.78 is 23.4. The first-order valence-electron chi connectivity index (χ1n) is 13.3. The maximum Gasteiger partial charge on any atom is 0.261 e. The number of amides is 2. The van der Waals surface area contributed by atoms with E-state index in [1.165, 1.54) is 4.90 Å². The van der Waals surface area contributed by atoms with E-state index in [2.05, 4.69) is 0 Å². The van der Waals surface area contributed by atoms with Crippen LogP contribution in [0.2, 0.25) is 0 Å². The van der Waals surface area contributed by atoms with Crippen LogP contribution in [-0.2, 0) is 13.0 Å². The van der Waals surface area contributed by atoms with Gasteiger partial charge in [0.1, 0.15) is 5.75 Å². The molecule has 5 aromatic rings. The Kier molecular flexibility index (Phi) is 6.46. The highest BCUT2D eigenvalue weighted by molar-refractivity contribution is 6.21. The molecule has 5 nitrogen and oxygen atoms in total. The molecule has 2 amide bonds. The molecule has 6 rings (SSSR count). The van der Waals surface area contributed by atoms with Crippen molar-refractivity contribution in [1.82, 2.24) is 9.47 Å². The first-order valence-corrected chi connectivity index (χ1v) is 13.3. The second-order valence-corrected chi connectivity index (χ2v) is 10.3. The third kappa shape index (κ3) is 4.35. The van der Waals surface area contributed by atoms with E-state index in [-0.39, 0.29) is 17.6 Å². The number of aryl methyl sites for hydroxylation is 2. The van der Waals surface area contributed by atoms with E-state index >= 15 is 4.39 Å². The molecule has 1 aliphatic rings. The number of imide groups is 1. The fourth-order valence-electron chi connectivity index (χ4n) is 5.56. The summed E-state index contributed by atoms with van der Waals surface area (Å²) in [6.07, 6.45) is 0.558. The molecule has 0 saturated heterocycles. The molecule has 2 heterocycles. The van der Waals surface area contributed by atoms with Gasteiger partial charge in [-0.1, -0.05) is 48.0 Å². The third-order valence-corrected chi connectivity index (χ3v) is 7.71. The van der Waals surface area contributed by atoms with Crippen LogP contribution in [0.1, 0.15) is 43.0 Å². The van der Waals surface area contributed by atoms with Crippen molar-refractivity contribution in [2.75, 3.05) is 13.7 Å². The Morgan fingerprint density at radius 1 is 0.775 bits per heavy atom. The molecule has 1 aromatic heterocycles. The average Bonchev–Trinajstić information content (AvgIpc) is 3.37. The van der Waals surface area contributed by atoms with Gasteiger partial charge in [0.2, 0.25) is 0 Å². The summed E-state index contributed by atoms with van der Waals surface area (Å²) in [6.45, 7) is 4.74. The Balaban J connectivity index is 1.27. The van der Waals surface area contributed by atoms with Crippen LogP contribution in [0.25, 0.3) is 22.2 Å². The molecule has 0 unspecified atom stereocenters. The maximum absolute atomic E-state index is 16.0. The quantitative estimate of drug-likeness (QED) is 0.213. The Bertz CT molecular complexity index is 1750. The van der Waals surface area contributed by atoms with Crippen LogP contribution in [0.15, 0.2) is 84.9 Å². The lowest BCUT2D eigenvalue weighted by molar-refractivity contribution is 0.0656. The van der Waals surface area contributed by atoms with Crippen LogP contribution < -0.4 is 4.74 Å². The summed E-state index contributed by atoms with van der Waals surface area (Å²) in [5, 5.41) is 0.600. The van der Waals surface area contributed by atoms with E-state index < -0.39 is 0 Å². The Morgan fingerprint density at radius 2 is 1.45 bits per heavy atom. The molecular weight excluding hydrogens is 503 g/mol. The SMILES string of the molecule is COc1ccc(-c2c(F)c3cc(C)ccc3n2Cc2ccc(CCN3C(=O)c4ccccc4C3=O)cc2)c(C)c1. The number of carbonyl (C=O) groups excluding carboxylic acids is 2. The van der Waals surface area contributed by atoms with Crippen molar-refractivity contribution >= 4 is 22.7 Å². The number of carbonyl (C=O) groups is 2. The minimum atomic E-state index is -0.240. The van der Waals surface area contributed by atoms with Crippen LogP contribution in [-0.4, -0.2) is 34.9 Å². The number of rotatable bonds is 7. The molecular formula is C34H29FN2O3. The second-order valence-electron chi connectivity index (χ2n) is 10.3. The summed E-state index contributed by atoms with van der Waals surface area (Å²) >= 11 is 0. The number of hydrogen-bond donors (Lipinski definition) is 0. The fraction of sp³-hybridized carbons (Fsp3) is 0.176. The molecule has 6 heteroatoms. The molecule has 4 aromatic carbocycles. The number of benzene rings is 4. The van der Waals surface area contributed by atoms with Crippen molar-refractivity contribution in [3.05, 3.63) is 124 Å². The number of methoxy groups -OCH3 is 1. The number of halogens is 1. The topological polar surface area (TPSA) is 51.5 Å². The van der Waals surface area contributed by atoms with E-state index in [1.807, 2.05) is 79.1 Å². The minimum Gasteiger partial charge on any atom is -0.497 e. The number of aromatic nitrogens is 1. The molecule has 0 aliphatic carbocycles. The van der Waals surface area contributed by atoms with Crippen molar-refractivity contribution in [3.63, 3.8) is 0 Å². The van der Waals surface area contributed by atoms with Gasteiger partial charge in [-0.2, -0.15) is 0 Å². The zero-order valence-corrected chi connectivity index (χ0v) is 22.7.